The Morgan fingerprint density at radius 2 is 2.00 bits per heavy atom. The van der Waals surface area contributed by atoms with Gasteiger partial charge in [-0.25, -0.2) is 0 Å². The number of amides is 1. The number of H-pyrrole nitrogens is 1. The Balaban J connectivity index is 1.71. The van der Waals surface area contributed by atoms with E-state index in [9.17, 15) is 4.79 Å². The molecule has 2 aromatic rings. The van der Waals surface area contributed by atoms with Crippen LogP contribution < -0.4 is 4.74 Å². The van der Waals surface area contributed by atoms with Crippen molar-refractivity contribution in [3.05, 3.63) is 46.3 Å². The molecule has 0 unspecified atom stereocenters. The lowest BCUT2D eigenvalue weighted by Gasteiger charge is -2.18. The second kappa shape index (κ2) is 8.70. The average Bonchev–Trinajstić information content (AvgIpc) is 2.91. The van der Waals surface area contributed by atoms with Gasteiger partial charge < -0.3 is 9.64 Å². The lowest BCUT2D eigenvalue weighted by atomic mass is 10.1. The average molecular weight is 343 g/mol. The van der Waals surface area contributed by atoms with Crippen LogP contribution in [0.3, 0.4) is 0 Å². The number of nitrogens with zero attached hydrogens (tertiary/aromatic N) is 2. The van der Waals surface area contributed by atoms with Crippen molar-refractivity contribution in [2.24, 2.45) is 0 Å². The van der Waals surface area contributed by atoms with Gasteiger partial charge in [0.1, 0.15) is 5.75 Å². The molecule has 0 aliphatic heterocycles. The molecule has 1 N–H and O–H groups in total. The zero-order chi connectivity index (χ0) is 18.4. The number of aromatic nitrogens is 2. The number of benzene rings is 1. The Morgan fingerprint density at radius 1 is 1.24 bits per heavy atom. The van der Waals surface area contributed by atoms with Gasteiger partial charge in [-0.15, -0.1) is 0 Å². The summed E-state index contributed by atoms with van der Waals surface area (Å²) in [6.45, 7) is 9.43. The standard InChI is InChI=1S/C20H29N3O2/c1-14-8-6-9-19(15(14)2)25-13-7-12-23(5)20(24)11-10-18-16(3)21-22-17(18)4/h6,8-9H,7,10-13H2,1-5H3,(H,21,22). The number of ether oxygens (including phenoxy) is 1. The van der Waals surface area contributed by atoms with E-state index in [4.69, 9.17) is 4.74 Å². The van der Waals surface area contributed by atoms with E-state index in [-0.39, 0.29) is 5.91 Å². The molecular formula is C20H29N3O2. The first kappa shape index (κ1) is 19.0. The molecule has 0 spiro atoms. The van der Waals surface area contributed by atoms with E-state index >= 15 is 0 Å². The summed E-state index contributed by atoms with van der Waals surface area (Å²) >= 11 is 0. The minimum Gasteiger partial charge on any atom is -0.493 e. The highest BCUT2D eigenvalue weighted by Crippen LogP contribution is 2.20. The van der Waals surface area contributed by atoms with Crippen LogP contribution in [0.25, 0.3) is 0 Å². The molecule has 0 fully saturated rings. The normalized spacial score (nSPS) is 10.8. The molecule has 0 saturated carbocycles. The van der Waals surface area contributed by atoms with Crippen LogP contribution in [-0.2, 0) is 11.2 Å². The van der Waals surface area contributed by atoms with Crippen molar-refractivity contribution in [3.8, 4) is 5.75 Å². The third-order valence-corrected chi connectivity index (χ3v) is 4.75. The van der Waals surface area contributed by atoms with Crippen molar-refractivity contribution in [2.75, 3.05) is 20.2 Å². The molecule has 0 atom stereocenters. The fraction of sp³-hybridized carbons (Fsp3) is 0.500. The first-order valence-corrected chi connectivity index (χ1v) is 8.83. The van der Waals surface area contributed by atoms with Gasteiger partial charge in [-0.3, -0.25) is 9.89 Å². The van der Waals surface area contributed by atoms with Gasteiger partial charge in [-0.05, 0) is 63.3 Å². The zero-order valence-corrected chi connectivity index (χ0v) is 16.0. The van der Waals surface area contributed by atoms with Crippen molar-refractivity contribution < 1.29 is 9.53 Å². The van der Waals surface area contributed by atoms with Gasteiger partial charge in [0.25, 0.3) is 0 Å². The van der Waals surface area contributed by atoms with Crippen LogP contribution >= 0.6 is 0 Å². The first-order chi connectivity index (χ1) is 11.9. The lowest BCUT2D eigenvalue weighted by Crippen LogP contribution is -2.28. The van der Waals surface area contributed by atoms with E-state index in [1.54, 1.807) is 4.90 Å². The fourth-order valence-corrected chi connectivity index (χ4v) is 2.85. The smallest absolute Gasteiger partial charge is 0.222 e. The summed E-state index contributed by atoms with van der Waals surface area (Å²) in [4.78, 5) is 14.1. The third kappa shape index (κ3) is 5.08. The molecule has 5 nitrogen and oxygen atoms in total. The molecule has 2 rings (SSSR count). The highest BCUT2D eigenvalue weighted by atomic mass is 16.5. The van der Waals surface area contributed by atoms with Crippen LogP contribution in [0.4, 0.5) is 0 Å². The largest absolute Gasteiger partial charge is 0.493 e. The van der Waals surface area contributed by atoms with Crippen molar-refractivity contribution in [3.63, 3.8) is 0 Å². The second-order valence-corrected chi connectivity index (χ2v) is 6.63. The molecule has 0 saturated heterocycles. The number of hydrogen-bond acceptors (Lipinski definition) is 3. The van der Waals surface area contributed by atoms with Gasteiger partial charge in [0.05, 0.1) is 12.3 Å². The SMILES string of the molecule is Cc1cccc(OCCCN(C)C(=O)CCc2c(C)n[nH]c2C)c1C. The number of rotatable bonds is 8. The highest BCUT2D eigenvalue weighted by Gasteiger charge is 2.12. The number of hydrogen-bond donors (Lipinski definition) is 1. The molecule has 0 aliphatic rings. The van der Waals surface area contributed by atoms with Crippen LogP contribution in [0.2, 0.25) is 0 Å². The maximum atomic E-state index is 12.3. The summed E-state index contributed by atoms with van der Waals surface area (Å²) in [5, 5.41) is 7.14. The molecule has 1 heterocycles. The van der Waals surface area contributed by atoms with E-state index in [0.717, 1.165) is 35.5 Å². The highest BCUT2D eigenvalue weighted by molar-refractivity contribution is 5.76. The van der Waals surface area contributed by atoms with E-state index in [1.807, 2.05) is 33.0 Å². The Morgan fingerprint density at radius 3 is 2.68 bits per heavy atom. The Kier molecular flexibility index (Phi) is 6.62. The van der Waals surface area contributed by atoms with Crippen LogP contribution in [0.5, 0.6) is 5.75 Å². The molecule has 25 heavy (non-hydrogen) atoms. The second-order valence-electron chi connectivity index (χ2n) is 6.63. The molecule has 1 aromatic carbocycles. The quantitative estimate of drug-likeness (QED) is 0.746. The number of nitrogens with one attached hydrogen (secondary N) is 1. The molecule has 136 valence electrons. The summed E-state index contributed by atoms with van der Waals surface area (Å²) in [5.41, 5.74) is 5.59. The van der Waals surface area contributed by atoms with Gasteiger partial charge in [-0.1, -0.05) is 12.1 Å². The summed E-state index contributed by atoms with van der Waals surface area (Å²) in [5.74, 6) is 1.09. The minimum absolute atomic E-state index is 0.159. The lowest BCUT2D eigenvalue weighted by molar-refractivity contribution is -0.129. The molecule has 5 heteroatoms. The summed E-state index contributed by atoms with van der Waals surface area (Å²) in [7, 11) is 1.86. The Hall–Kier alpha value is -2.30. The summed E-state index contributed by atoms with van der Waals surface area (Å²) in [6.07, 6.45) is 2.06. The Labute approximate surface area is 150 Å². The van der Waals surface area contributed by atoms with Crippen LogP contribution in [0.15, 0.2) is 18.2 Å². The van der Waals surface area contributed by atoms with E-state index < -0.39 is 0 Å². The van der Waals surface area contributed by atoms with Gasteiger partial charge >= 0.3 is 0 Å². The predicted octanol–water partition coefficient (Wildman–Crippen LogP) is 3.50. The number of aromatic amines is 1. The monoisotopic (exact) mass is 343 g/mol. The predicted molar refractivity (Wildman–Crippen MR) is 100 cm³/mol. The summed E-state index contributed by atoms with van der Waals surface area (Å²) in [6, 6.07) is 6.08. The van der Waals surface area contributed by atoms with Crippen molar-refractivity contribution in [2.45, 2.75) is 47.0 Å². The molecule has 1 amide bonds. The van der Waals surface area contributed by atoms with Gasteiger partial charge in [0.15, 0.2) is 0 Å². The van der Waals surface area contributed by atoms with Crippen LogP contribution in [-0.4, -0.2) is 41.2 Å². The van der Waals surface area contributed by atoms with Crippen molar-refractivity contribution >= 4 is 5.91 Å². The molecule has 0 aliphatic carbocycles. The van der Waals surface area contributed by atoms with Gasteiger partial charge in [-0.2, -0.15) is 5.10 Å². The first-order valence-electron chi connectivity index (χ1n) is 8.83. The summed E-state index contributed by atoms with van der Waals surface area (Å²) < 4.78 is 5.85. The van der Waals surface area contributed by atoms with Crippen molar-refractivity contribution in [1.82, 2.24) is 15.1 Å². The number of aryl methyl sites for hydroxylation is 3. The minimum atomic E-state index is 0.159. The molecular weight excluding hydrogens is 314 g/mol. The zero-order valence-electron chi connectivity index (χ0n) is 16.0. The Bertz CT molecular complexity index is 702. The maximum Gasteiger partial charge on any atom is 0.222 e. The van der Waals surface area contributed by atoms with Gasteiger partial charge in [0, 0.05) is 25.7 Å². The van der Waals surface area contributed by atoms with Gasteiger partial charge in [0.2, 0.25) is 5.91 Å². The maximum absolute atomic E-state index is 12.3. The number of carbonyl (C=O) groups excluding carboxylic acids is 1. The number of carbonyl (C=O) groups is 1. The van der Waals surface area contributed by atoms with Crippen LogP contribution in [0.1, 0.15) is 40.9 Å². The van der Waals surface area contributed by atoms with E-state index in [1.165, 1.54) is 11.1 Å². The third-order valence-electron chi connectivity index (χ3n) is 4.75. The van der Waals surface area contributed by atoms with Crippen LogP contribution in [0, 0.1) is 27.7 Å². The fourth-order valence-electron chi connectivity index (χ4n) is 2.85. The van der Waals surface area contributed by atoms with E-state index in [0.29, 0.717) is 19.6 Å². The topological polar surface area (TPSA) is 58.2 Å². The van der Waals surface area contributed by atoms with Crippen molar-refractivity contribution in [1.29, 1.82) is 0 Å². The molecule has 1 aromatic heterocycles. The molecule has 0 bridgehead atoms. The van der Waals surface area contributed by atoms with E-state index in [2.05, 4.69) is 30.1 Å². The molecule has 0 radical (unpaired) electrons.